The second-order valence-electron chi connectivity index (χ2n) is 8.66. The molecule has 0 saturated heterocycles. The molecular weight excluding hydrogens is 436 g/mol. The smallest absolute Gasteiger partial charge is 0.231 e. The second-order valence-corrected chi connectivity index (χ2v) is 9.60. The van der Waals surface area contributed by atoms with Crippen LogP contribution in [0.25, 0.3) is 0 Å². The highest BCUT2D eigenvalue weighted by Crippen LogP contribution is 2.34. The number of aryl methyl sites for hydroxylation is 1. The van der Waals surface area contributed by atoms with E-state index < -0.39 is 0 Å². The monoisotopic (exact) mass is 464 g/mol. The fourth-order valence-electron chi connectivity index (χ4n) is 4.41. The standard InChI is InChI=1S/C26H28N2O4S/c1-18-6-9-22(10-7-18)30-15-25-27-20(16-33-25)13-26(29)28(21-4-2-3-5-21)14-19-8-11-23-24(12-19)32-17-31-23/h6-12,16,21H,2-5,13-15,17H2,1H3. The minimum absolute atomic E-state index is 0.121. The van der Waals surface area contributed by atoms with E-state index in [1.165, 1.54) is 29.7 Å². The fourth-order valence-corrected chi connectivity index (χ4v) is 5.11. The summed E-state index contributed by atoms with van der Waals surface area (Å²) in [5.41, 5.74) is 3.07. The zero-order valence-corrected chi connectivity index (χ0v) is 19.6. The van der Waals surface area contributed by atoms with Gasteiger partial charge in [0, 0.05) is 18.0 Å². The highest BCUT2D eigenvalue weighted by Gasteiger charge is 2.28. The van der Waals surface area contributed by atoms with Crippen LogP contribution in [-0.2, 0) is 24.4 Å². The zero-order valence-electron chi connectivity index (χ0n) is 18.8. The van der Waals surface area contributed by atoms with Crippen LogP contribution in [0.5, 0.6) is 17.2 Å². The van der Waals surface area contributed by atoms with E-state index in [0.717, 1.165) is 46.4 Å². The van der Waals surface area contributed by atoms with Crippen molar-refractivity contribution in [3.05, 3.63) is 69.7 Å². The van der Waals surface area contributed by atoms with E-state index >= 15 is 0 Å². The molecule has 2 aromatic carbocycles. The van der Waals surface area contributed by atoms with E-state index in [-0.39, 0.29) is 18.7 Å². The van der Waals surface area contributed by atoms with Gasteiger partial charge >= 0.3 is 0 Å². The molecule has 1 aromatic heterocycles. The van der Waals surface area contributed by atoms with Gasteiger partial charge in [0.05, 0.1) is 12.1 Å². The summed E-state index contributed by atoms with van der Waals surface area (Å²) in [6, 6.07) is 14.2. The third kappa shape index (κ3) is 5.30. The average molecular weight is 465 g/mol. The largest absolute Gasteiger partial charge is 0.486 e. The maximum Gasteiger partial charge on any atom is 0.231 e. The number of amides is 1. The van der Waals surface area contributed by atoms with E-state index in [9.17, 15) is 4.79 Å². The molecule has 0 radical (unpaired) electrons. The second kappa shape index (κ2) is 9.83. The first kappa shape index (κ1) is 21.8. The first-order valence-corrected chi connectivity index (χ1v) is 12.3. The van der Waals surface area contributed by atoms with Gasteiger partial charge in [-0.25, -0.2) is 4.98 Å². The lowest BCUT2D eigenvalue weighted by molar-refractivity contribution is -0.133. The summed E-state index contributed by atoms with van der Waals surface area (Å²) in [5.74, 6) is 2.46. The van der Waals surface area contributed by atoms with Crippen LogP contribution >= 0.6 is 11.3 Å². The number of hydrogen-bond donors (Lipinski definition) is 0. The molecule has 0 spiro atoms. The highest BCUT2D eigenvalue weighted by atomic mass is 32.1. The van der Waals surface area contributed by atoms with Crippen LogP contribution in [0.1, 0.15) is 47.5 Å². The first-order valence-electron chi connectivity index (χ1n) is 11.4. The predicted molar refractivity (Wildman–Crippen MR) is 127 cm³/mol. The van der Waals surface area contributed by atoms with Crippen LogP contribution in [0.2, 0.25) is 0 Å². The van der Waals surface area contributed by atoms with E-state index in [0.29, 0.717) is 19.6 Å². The van der Waals surface area contributed by atoms with Crippen molar-refractivity contribution in [3.8, 4) is 17.2 Å². The number of aromatic nitrogens is 1. The van der Waals surface area contributed by atoms with Crippen LogP contribution in [-0.4, -0.2) is 28.6 Å². The van der Waals surface area contributed by atoms with E-state index in [2.05, 4.69) is 11.9 Å². The Morgan fingerprint density at radius 3 is 2.73 bits per heavy atom. The Hall–Kier alpha value is -3.06. The van der Waals surface area contributed by atoms with E-state index in [1.807, 2.05) is 52.7 Å². The Morgan fingerprint density at radius 2 is 1.91 bits per heavy atom. The lowest BCUT2D eigenvalue weighted by Gasteiger charge is -2.29. The number of fused-ring (bicyclic) bond motifs is 1. The lowest BCUT2D eigenvalue weighted by atomic mass is 10.1. The number of rotatable bonds is 8. The number of hydrogen-bond acceptors (Lipinski definition) is 6. The Labute approximate surface area is 198 Å². The van der Waals surface area contributed by atoms with Crippen molar-refractivity contribution in [2.24, 2.45) is 0 Å². The van der Waals surface area contributed by atoms with Gasteiger partial charge < -0.3 is 19.1 Å². The quantitative estimate of drug-likeness (QED) is 0.454. The maximum atomic E-state index is 13.4. The van der Waals surface area contributed by atoms with Gasteiger partial charge in [0.15, 0.2) is 11.5 Å². The molecule has 7 heteroatoms. The number of carbonyl (C=O) groups is 1. The van der Waals surface area contributed by atoms with Gasteiger partial charge in [-0.1, -0.05) is 36.6 Å². The van der Waals surface area contributed by atoms with Gasteiger partial charge in [-0.3, -0.25) is 4.79 Å². The Balaban J connectivity index is 1.23. The van der Waals surface area contributed by atoms with Crippen LogP contribution in [0.15, 0.2) is 47.8 Å². The predicted octanol–water partition coefficient (Wildman–Crippen LogP) is 5.27. The molecule has 1 saturated carbocycles. The zero-order chi connectivity index (χ0) is 22.6. The summed E-state index contributed by atoms with van der Waals surface area (Å²) in [6.45, 7) is 3.29. The molecule has 2 heterocycles. The van der Waals surface area contributed by atoms with Gasteiger partial charge in [-0.2, -0.15) is 0 Å². The minimum atomic E-state index is 0.121. The third-order valence-electron chi connectivity index (χ3n) is 6.19. The summed E-state index contributed by atoms with van der Waals surface area (Å²) >= 11 is 1.54. The Kier molecular flexibility index (Phi) is 6.48. The molecule has 1 aliphatic carbocycles. The van der Waals surface area contributed by atoms with Gasteiger partial charge in [0.2, 0.25) is 12.7 Å². The number of benzene rings is 2. The van der Waals surface area contributed by atoms with Gasteiger partial charge in [-0.15, -0.1) is 11.3 Å². The Bertz CT molecular complexity index is 1110. The molecule has 3 aromatic rings. The molecule has 33 heavy (non-hydrogen) atoms. The van der Waals surface area contributed by atoms with E-state index in [4.69, 9.17) is 14.2 Å². The molecule has 5 rings (SSSR count). The molecule has 1 fully saturated rings. The van der Waals surface area contributed by atoms with Crippen molar-refractivity contribution in [1.82, 2.24) is 9.88 Å². The molecule has 1 amide bonds. The summed E-state index contributed by atoms with van der Waals surface area (Å²) in [6.07, 6.45) is 4.77. The SMILES string of the molecule is Cc1ccc(OCc2nc(CC(=O)N(Cc3ccc4c(c3)OCO4)C3CCCC3)cs2)cc1. The third-order valence-corrected chi connectivity index (χ3v) is 7.06. The lowest BCUT2D eigenvalue weighted by Crippen LogP contribution is -2.39. The number of carbonyl (C=O) groups excluding carboxylic acids is 1. The summed E-state index contributed by atoms with van der Waals surface area (Å²) in [7, 11) is 0. The van der Waals surface area contributed by atoms with Gasteiger partial charge in [-0.05, 0) is 49.6 Å². The van der Waals surface area contributed by atoms with E-state index in [1.54, 1.807) is 0 Å². The maximum absolute atomic E-state index is 13.4. The minimum Gasteiger partial charge on any atom is -0.486 e. The van der Waals surface area contributed by atoms with Crippen LogP contribution < -0.4 is 14.2 Å². The average Bonchev–Trinajstić information content (AvgIpc) is 3.59. The van der Waals surface area contributed by atoms with Crippen LogP contribution in [0, 0.1) is 6.92 Å². The molecule has 1 aliphatic heterocycles. The first-order chi connectivity index (χ1) is 16.1. The number of thiazole rings is 1. The molecule has 0 bridgehead atoms. The van der Waals surface area contributed by atoms with Crippen molar-refractivity contribution >= 4 is 17.2 Å². The summed E-state index contributed by atoms with van der Waals surface area (Å²) in [5, 5.41) is 2.85. The summed E-state index contributed by atoms with van der Waals surface area (Å²) < 4.78 is 16.8. The molecule has 172 valence electrons. The molecule has 0 atom stereocenters. The van der Waals surface area contributed by atoms with Gasteiger partial charge in [0.1, 0.15) is 17.4 Å². The molecule has 0 unspecified atom stereocenters. The Morgan fingerprint density at radius 1 is 1.12 bits per heavy atom. The van der Waals surface area contributed by atoms with Crippen LogP contribution in [0.3, 0.4) is 0 Å². The van der Waals surface area contributed by atoms with Crippen molar-refractivity contribution in [1.29, 1.82) is 0 Å². The normalized spacial score (nSPS) is 15.1. The number of nitrogens with zero attached hydrogens (tertiary/aromatic N) is 2. The summed E-state index contributed by atoms with van der Waals surface area (Å²) in [4.78, 5) is 20.1. The fraction of sp³-hybridized carbons (Fsp3) is 0.385. The topological polar surface area (TPSA) is 60.9 Å². The van der Waals surface area contributed by atoms with Gasteiger partial charge in [0.25, 0.3) is 0 Å². The van der Waals surface area contributed by atoms with Crippen molar-refractivity contribution in [2.45, 2.75) is 58.2 Å². The van der Waals surface area contributed by atoms with Crippen molar-refractivity contribution in [2.75, 3.05) is 6.79 Å². The molecule has 2 aliphatic rings. The highest BCUT2D eigenvalue weighted by molar-refractivity contribution is 7.09. The van der Waals surface area contributed by atoms with Crippen molar-refractivity contribution in [3.63, 3.8) is 0 Å². The van der Waals surface area contributed by atoms with Crippen LogP contribution in [0.4, 0.5) is 0 Å². The molecule has 6 nitrogen and oxygen atoms in total. The molecular formula is C26H28N2O4S. The molecule has 0 N–H and O–H groups in total. The number of ether oxygens (including phenoxy) is 3. The van der Waals surface area contributed by atoms with Crippen molar-refractivity contribution < 1.29 is 19.0 Å².